The van der Waals surface area contributed by atoms with E-state index in [9.17, 15) is 15.4 Å². The van der Waals surface area contributed by atoms with Gasteiger partial charge in [-0.2, -0.15) is 5.26 Å². The van der Waals surface area contributed by atoms with E-state index in [0.29, 0.717) is 37.6 Å². The number of nitrogens with zero attached hydrogens (tertiary/aromatic N) is 5. The first-order chi connectivity index (χ1) is 9.86. The summed E-state index contributed by atoms with van der Waals surface area (Å²) in [5.74, 6) is 0.425. The highest BCUT2D eigenvalue weighted by Crippen LogP contribution is 2.30. The molecule has 0 N–H and O–H groups in total. The maximum atomic E-state index is 11.2. The molecular formula is C14H19N5O2. The van der Waals surface area contributed by atoms with Gasteiger partial charge < -0.3 is 4.90 Å². The Morgan fingerprint density at radius 1 is 1.38 bits per heavy atom. The normalized spacial score (nSPS) is 16.6. The molecular weight excluding hydrogens is 270 g/mol. The van der Waals surface area contributed by atoms with Crippen molar-refractivity contribution in [3.8, 4) is 6.07 Å². The third-order valence-electron chi connectivity index (χ3n) is 3.93. The maximum Gasteiger partial charge on any atom is 0.314 e. The molecule has 1 aromatic heterocycles. The fourth-order valence-corrected chi connectivity index (χ4v) is 2.54. The number of pyridine rings is 1. The summed E-state index contributed by atoms with van der Waals surface area (Å²) in [5, 5.41) is 20.4. The lowest BCUT2D eigenvalue weighted by Gasteiger charge is -2.40. The van der Waals surface area contributed by atoms with Crippen LogP contribution in [0.25, 0.3) is 0 Å². The second kappa shape index (κ2) is 5.66. The van der Waals surface area contributed by atoms with Crippen LogP contribution < -0.4 is 4.90 Å². The molecule has 0 spiro atoms. The molecule has 0 bridgehead atoms. The summed E-state index contributed by atoms with van der Waals surface area (Å²) >= 11 is 0. The predicted octanol–water partition coefficient (Wildman–Crippen LogP) is 1.72. The number of nitriles is 1. The Morgan fingerprint density at radius 2 is 2.00 bits per heavy atom. The Hall–Kier alpha value is -2.20. The number of piperazine rings is 1. The van der Waals surface area contributed by atoms with Crippen molar-refractivity contribution in [3.63, 3.8) is 0 Å². The van der Waals surface area contributed by atoms with E-state index in [0.717, 1.165) is 0 Å². The molecule has 0 aliphatic carbocycles. The van der Waals surface area contributed by atoms with Crippen molar-refractivity contribution in [3.05, 3.63) is 27.9 Å². The molecule has 0 saturated carbocycles. The summed E-state index contributed by atoms with van der Waals surface area (Å²) in [5.41, 5.74) is 0.174. The minimum absolute atomic E-state index is 0.0745. The molecule has 0 atom stereocenters. The molecule has 0 aromatic carbocycles. The Morgan fingerprint density at radius 3 is 2.52 bits per heavy atom. The number of anilines is 1. The molecule has 0 unspecified atom stereocenters. The molecule has 1 aromatic rings. The fraction of sp³-hybridized carbons (Fsp3) is 0.571. The molecule has 21 heavy (non-hydrogen) atoms. The van der Waals surface area contributed by atoms with E-state index in [1.807, 2.05) is 18.7 Å². The Kier molecular flexibility index (Phi) is 4.09. The molecule has 7 nitrogen and oxygen atoms in total. The van der Waals surface area contributed by atoms with E-state index in [1.54, 1.807) is 19.2 Å². The second-order valence-electron chi connectivity index (χ2n) is 5.70. The van der Waals surface area contributed by atoms with Gasteiger partial charge in [0.1, 0.15) is 5.54 Å². The van der Waals surface area contributed by atoms with Gasteiger partial charge in [0.15, 0.2) is 0 Å². The van der Waals surface area contributed by atoms with E-state index < -0.39 is 5.54 Å². The summed E-state index contributed by atoms with van der Waals surface area (Å²) in [6.45, 7) is 8.12. The van der Waals surface area contributed by atoms with Crippen LogP contribution in [0.15, 0.2) is 12.3 Å². The average molecular weight is 289 g/mol. The topological polar surface area (TPSA) is 86.3 Å². The van der Waals surface area contributed by atoms with E-state index >= 15 is 0 Å². The van der Waals surface area contributed by atoms with Crippen molar-refractivity contribution >= 4 is 11.5 Å². The zero-order chi connectivity index (χ0) is 15.6. The second-order valence-corrected chi connectivity index (χ2v) is 5.70. The van der Waals surface area contributed by atoms with E-state index in [4.69, 9.17) is 0 Å². The minimum Gasteiger partial charge on any atom is -0.348 e. The van der Waals surface area contributed by atoms with E-state index in [-0.39, 0.29) is 10.6 Å². The van der Waals surface area contributed by atoms with Crippen LogP contribution in [0.3, 0.4) is 0 Å². The molecule has 1 fully saturated rings. The van der Waals surface area contributed by atoms with Gasteiger partial charge in [-0.1, -0.05) is 0 Å². The number of rotatable bonds is 3. The quantitative estimate of drug-likeness (QED) is 0.622. The third kappa shape index (κ3) is 2.95. The Bertz CT molecular complexity index is 586. The van der Waals surface area contributed by atoms with Gasteiger partial charge in [0.05, 0.1) is 11.0 Å². The van der Waals surface area contributed by atoms with Crippen molar-refractivity contribution < 1.29 is 4.92 Å². The summed E-state index contributed by atoms with van der Waals surface area (Å²) in [6.07, 6.45) is 1.60. The first-order valence-electron chi connectivity index (χ1n) is 6.88. The fourth-order valence-electron chi connectivity index (χ4n) is 2.54. The minimum atomic E-state index is -0.516. The lowest BCUT2D eigenvalue weighted by Crippen LogP contribution is -2.54. The molecule has 2 rings (SSSR count). The highest BCUT2D eigenvalue weighted by Gasteiger charge is 2.32. The summed E-state index contributed by atoms with van der Waals surface area (Å²) in [4.78, 5) is 19.1. The van der Waals surface area contributed by atoms with Gasteiger partial charge in [-0.05, 0) is 26.8 Å². The molecule has 2 heterocycles. The zero-order valence-electron chi connectivity index (χ0n) is 12.5. The lowest BCUT2D eigenvalue weighted by atomic mass is 10.0. The summed E-state index contributed by atoms with van der Waals surface area (Å²) < 4.78 is 0. The van der Waals surface area contributed by atoms with Crippen LogP contribution in [0.1, 0.15) is 19.4 Å². The van der Waals surface area contributed by atoms with Gasteiger partial charge >= 0.3 is 5.69 Å². The van der Waals surface area contributed by atoms with Gasteiger partial charge in [0.25, 0.3) is 0 Å². The zero-order valence-corrected chi connectivity index (χ0v) is 12.5. The molecule has 1 aliphatic rings. The molecule has 1 saturated heterocycles. The monoisotopic (exact) mass is 289 g/mol. The number of nitro groups is 1. The SMILES string of the molecule is Cc1ccnc(N2CCN(C(C)(C)C#N)CC2)c1[N+](=O)[O-]. The molecule has 1 aliphatic heterocycles. The van der Waals surface area contributed by atoms with Crippen molar-refractivity contribution in [2.45, 2.75) is 26.3 Å². The van der Waals surface area contributed by atoms with Crippen LogP contribution in [0.5, 0.6) is 0 Å². The number of hydrogen-bond acceptors (Lipinski definition) is 6. The van der Waals surface area contributed by atoms with Gasteiger partial charge in [0, 0.05) is 37.9 Å². The summed E-state index contributed by atoms with van der Waals surface area (Å²) in [7, 11) is 0. The Balaban J connectivity index is 2.19. The van der Waals surface area contributed by atoms with Crippen LogP contribution in [-0.2, 0) is 0 Å². The molecule has 0 amide bonds. The van der Waals surface area contributed by atoms with Crippen LogP contribution in [0, 0.1) is 28.4 Å². The van der Waals surface area contributed by atoms with Gasteiger partial charge in [-0.3, -0.25) is 15.0 Å². The van der Waals surface area contributed by atoms with E-state index in [2.05, 4.69) is 16.0 Å². The first kappa shape index (κ1) is 15.2. The van der Waals surface area contributed by atoms with Crippen LogP contribution >= 0.6 is 0 Å². The smallest absolute Gasteiger partial charge is 0.314 e. The maximum absolute atomic E-state index is 11.2. The number of aromatic nitrogens is 1. The standard InChI is InChI=1S/C14H19N5O2/c1-11-4-5-16-13(12(11)19(20)21)17-6-8-18(9-7-17)14(2,3)10-15/h4-5H,6-9H2,1-3H3. The van der Waals surface area contributed by atoms with Crippen molar-refractivity contribution in [2.75, 3.05) is 31.1 Å². The van der Waals surface area contributed by atoms with Gasteiger partial charge in [-0.25, -0.2) is 4.98 Å². The molecule has 112 valence electrons. The van der Waals surface area contributed by atoms with Crippen molar-refractivity contribution in [1.29, 1.82) is 5.26 Å². The largest absolute Gasteiger partial charge is 0.348 e. The van der Waals surface area contributed by atoms with Crippen LogP contribution in [0.4, 0.5) is 11.5 Å². The number of hydrogen-bond donors (Lipinski definition) is 0. The highest BCUT2D eigenvalue weighted by atomic mass is 16.6. The third-order valence-corrected chi connectivity index (χ3v) is 3.93. The molecule has 7 heteroatoms. The van der Waals surface area contributed by atoms with Gasteiger partial charge in [0.2, 0.25) is 5.82 Å². The van der Waals surface area contributed by atoms with Crippen LogP contribution in [0.2, 0.25) is 0 Å². The highest BCUT2D eigenvalue weighted by molar-refractivity contribution is 5.61. The van der Waals surface area contributed by atoms with Crippen molar-refractivity contribution in [1.82, 2.24) is 9.88 Å². The Labute approximate surface area is 123 Å². The van der Waals surface area contributed by atoms with E-state index in [1.165, 1.54) is 0 Å². The molecule has 0 radical (unpaired) electrons. The number of aryl methyl sites for hydroxylation is 1. The lowest BCUT2D eigenvalue weighted by molar-refractivity contribution is -0.384. The predicted molar refractivity (Wildman–Crippen MR) is 79.1 cm³/mol. The van der Waals surface area contributed by atoms with Gasteiger partial charge in [-0.15, -0.1) is 0 Å². The average Bonchev–Trinajstić information content (AvgIpc) is 2.46. The van der Waals surface area contributed by atoms with Crippen molar-refractivity contribution in [2.24, 2.45) is 0 Å². The summed E-state index contributed by atoms with van der Waals surface area (Å²) in [6, 6.07) is 3.94. The first-order valence-corrected chi connectivity index (χ1v) is 6.88. The van der Waals surface area contributed by atoms with Crippen LogP contribution in [-0.4, -0.2) is 46.5 Å².